The number of pyridine rings is 1. The molecule has 1 rings (SSSR count). The summed E-state index contributed by atoms with van der Waals surface area (Å²) in [7, 11) is 3.53. The molecule has 5 nitrogen and oxygen atoms in total. The van der Waals surface area contributed by atoms with Crippen molar-refractivity contribution in [2.75, 3.05) is 32.2 Å². The maximum Gasteiger partial charge on any atom is 0.335 e. The van der Waals surface area contributed by atoms with E-state index in [1.807, 2.05) is 11.9 Å². The smallest absolute Gasteiger partial charge is 0.335 e. The number of hydrogen-bond acceptors (Lipinski definition) is 4. The van der Waals surface area contributed by atoms with Crippen molar-refractivity contribution in [2.24, 2.45) is 0 Å². The highest BCUT2D eigenvalue weighted by atomic mass is 16.5. The SMILES string of the molecule is COCCCN(C)c1cc(C(=O)O)ccn1. The van der Waals surface area contributed by atoms with Crippen LogP contribution in [0, 0.1) is 0 Å². The minimum Gasteiger partial charge on any atom is -0.478 e. The second-order valence-corrected chi connectivity index (χ2v) is 3.48. The van der Waals surface area contributed by atoms with Crippen molar-refractivity contribution in [3.8, 4) is 0 Å². The first kappa shape index (κ1) is 12.4. The van der Waals surface area contributed by atoms with Crippen molar-refractivity contribution in [3.05, 3.63) is 23.9 Å². The summed E-state index contributed by atoms with van der Waals surface area (Å²) < 4.78 is 4.95. The van der Waals surface area contributed by atoms with E-state index in [9.17, 15) is 4.79 Å². The second kappa shape index (κ2) is 6.07. The zero-order valence-electron chi connectivity index (χ0n) is 9.51. The van der Waals surface area contributed by atoms with Gasteiger partial charge in [-0.15, -0.1) is 0 Å². The number of anilines is 1. The van der Waals surface area contributed by atoms with Crippen LogP contribution in [-0.4, -0.2) is 43.4 Å². The minimum absolute atomic E-state index is 0.253. The molecule has 88 valence electrons. The molecule has 0 atom stereocenters. The van der Waals surface area contributed by atoms with Crippen LogP contribution in [0.3, 0.4) is 0 Å². The Bertz CT molecular complexity index is 355. The highest BCUT2D eigenvalue weighted by molar-refractivity contribution is 5.88. The summed E-state index contributed by atoms with van der Waals surface area (Å²) in [6, 6.07) is 3.05. The van der Waals surface area contributed by atoms with Gasteiger partial charge in [0.1, 0.15) is 5.82 Å². The molecule has 0 aliphatic carbocycles. The quantitative estimate of drug-likeness (QED) is 0.737. The molecular weight excluding hydrogens is 208 g/mol. The molecule has 0 spiro atoms. The monoisotopic (exact) mass is 224 g/mol. The van der Waals surface area contributed by atoms with Gasteiger partial charge in [0.05, 0.1) is 5.56 Å². The summed E-state index contributed by atoms with van der Waals surface area (Å²) in [5.74, 6) is -0.273. The van der Waals surface area contributed by atoms with Crippen LogP contribution in [0.1, 0.15) is 16.8 Å². The Morgan fingerprint density at radius 3 is 3.00 bits per heavy atom. The molecule has 0 aromatic carbocycles. The van der Waals surface area contributed by atoms with Gasteiger partial charge in [0.25, 0.3) is 0 Å². The van der Waals surface area contributed by atoms with Crippen LogP contribution >= 0.6 is 0 Å². The van der Waals surface area contributed by atoms with E-state index in [4.69, 9.17) is 9.84 Å². The van der Waals surface area contributed by atoms with E-state index in [-0.39, 0.29) is 5.56 Å². The summed E-state index contributed by atoms with van der Waals surface area (Å²) >= 11 is 0. The third kappa shape index (κ3) is 3.51. The Balaban J connectivity index is 2.64. The molecule has 0 aliphatic heterocycles. The van der Waals surface area contributed by atoms with Crippen LogP contribution in [0.5, 0.6) is 0 Å². The third-order valence-corrected chi connectivity index (χ3v) is 2.23. The normalized spacial score (nSPS) is 10.1. The fraction of sp³-hybridized carbons (Fsp3) is 0.455. The number of carboxylic acid groups (broad SMARTS) is 1. The van der Waals surface area contributed by atoms with Gasteiger partial charge in [-0.05, 0) is 18.6 Å². The molecule has 0 saturated heterocycles. The largest absolute Gasteiger partial charge is 0.478 e. The number of ether oxygens (including phenoxy) is 1. The Hall–Kier alpha value is -1.62. The van der Waals surface area contributed by atoms with E-state index < -0.39 is 5.97 Å². The summed E-state index contributed by atoms with van der Waals surface area (Å²) in [6.45, 7) is 1.47. The molecule has 1 aromatic rings. The second-order valence-electron chi connectivity index (χ2n) is 3.48. The Kier molecular flexibility index (Phi) is 4.72. The average molecular weight is 224 g/mol. The van der Waals surface area contributed by atoms with Gasteiger partial charge in [-0.1, -0.05) is 0 Å². The molecule has 0 aliphatic rings. The topological polar surface area (TPSA) is 62.7 Å². The van der Waals surface area contributed by atoms with Crippen LogP contribution < -0.4 is 4.90 Å². The predicted molar refractivity (Wildman–Crippen MR) is 61.0 cm³/mol. The highest BCUT2D eigenvalue weighted by Crippen LogP contribution is 2.11. The van der Waals surface area contributed by atoms with Crippen LogP contribution in [0.25, 0.3) is 0 Å². The fourth-order valence-corrected chi connectivity index (χ4v) is 1.32. The molecule has 0 unspecified atom stereocenters. The van der Waals surface area contributed by atoms with E-state index in [0.717, 1.165) is 13.0 Å². The van der Waals surface area contributed by atoms with Crippen LogP contribution in [0.15, 0.2) is 18.3 Å². The summed E-state index contributed by atoms with van der Waals surface area (Å²) in [4.78, 5) is 16.8. The van der Waals surface area contributed by atoms with Gasteiger partial charge < -0.3 is 14.7 Å². The molecule has 0 radical (unpaired) electrons. The minimum atomic E-state index is -0.936. The number of aromatic nitrogens is 1. The number of carbonyl (C=O) groups is 1. The Labute approximate surface area is 94.7 Å². The number of rotatable bonds is 6. The third-order valence-electron chi connectivity index (χ3n) is 2.23. The van der Waals surface area contributed by atoms with Crippen molar-refractivity contribution in [1.29, 1.82) is 0 Å². The van der Waals surface area contributed by atoms with Gasteiger partial charge in [0, 0.05) is 33.5 Å². The average Bonchev–Trinajstić information content (AvgIpc) is 2.29. The van der Waals surface area contributed by atoms with Gasteiger partial charge in [-0.25, -0.2) is 9.78 Å². The Morgan fingerprint density at radius 1 is 1.62 bits per heavy atom. The summed E-state index contributed by atoms with van der Waals surface area (Å²) in [6.07, 6.45) is 2.39. The van der Waals surface area contributed by atoms with Gasteiger partial charge in [0.2, 0.25) is 0 Å². The first-order valence-corrected chi connectivity index (χ1v) is 5.04. The van der Waals surface area contributed by atoms with Gasteiger partial charge in [0.15, 0.2) is 0 Å². The fourth-order valence-electron chi connectivity index (χ4n) is 1.32. The summed E-state index contributed by atoms with van der Waals surface area (Å²) in [5, 5.41) is 8.84. The molecule has 0 fully saturated rings. The highest BCUT2D eigenvalue weighted by Gasteiger charge is 2.07. The number of carboxylic acids is 1. The van der Waals surface area contributed by atoms with Gasteiger partial charge >= 0.3 is 5.97 Å². The lowest BCUT2D eigenvalue weighted by Gasteiger charge is -2.17. The van der Waals surface area contributed by atoms with E-state index >= 15 is 0 Å². The van der Waals surface area contributed by atoms with Crippen molar-refractivity contribution in [3.63, 3.8) is 0 Å². The van der Waals surface area contributed by atoms with Gasteiger partial charge in [-0.2, -0.15) is 0 Å². The molecule has 1 aromatic heterocycles. The van der Waals surface area contributed by atoms with E-state index in [1.54, 1.807) is 13.2 Å². The molecule has 0 amide bonds. The lowest BCUT2D eigenvalue weighted by Crippen LogP contribution is -2.21. The number of methoxy groups -OCH3 is 1. The van der Waals surface area contributed by atoms with E-state index in [0.29, 0.717) is 12.4 Å². The zero-order valence-corrected chi connectivity index (χ0v) is 9.51. The molecule has 0 bridgehead atoms. The number of nitrogens with zero attached hydrogens (tertiary/aromatic N) is 2. The number of hydrogen-bond donors (Lipinski definition) is 1. The molecule has 16 heavy (non-hydrogen) atoms. The molecule has 1 heterocycles. The van der Waals surface area contributed by atoms with Crippen molar-refractivity contribution in [2.45, 2.75) is 6.42 Å². The molecule has 1 N–H and O–H groups in total. The van der Waals surface area contributed by atoms with Crippen LogP contribution in [0.4, 0.5) is 5.82 Å². The Morgan fingerprint density at radius 2 is 2.38 bits per heavy atom. The standard InChI is InChI=1S/C11H16N2O3/c1-13(6-3-7-16-2)10-8-9(11(14)15)4-5-12-10/h4-5,8H,3,6-7H2,1-2H3,(H,14,15). The zero-order chi connectivity index (χ0) is 12.0. The lowest BCUT2D eigenvalue weighted by molar-refractivity contribution is 0.0697. The number of aromatic carboxylic acids is 1. The lowest BCUT2D eigenvalue weighted by atomic mass is 10.2. The first-order chi connectivity index (χ1) is 7.65. The van der Waals surface area contributed by atoms with E-state index in [2.05, 4.69) is 4.98 Å². The van der Waals surface area contributed by atoms with Crippen molar-refractivity contribution < 1.29 is 14.6 Å². The summed E-state index contributed by atoms with van der Waals surface area (Å²) in [5.41, 5.74) is 0.253. The maximum absolute atomic E-state index is 10.8. The molecule has 5 heteroatoms. The molecule has 0 saturated carbocycles. The first-order valence-electron chi connectivity index (χ1n) is 5.04. The maximum atomic E-state index is 10.8. The van der Waals surface area contributed by atoms with Crippen molar-refractivity contribution >= 4 is 11.8 Å². The van der Waals surface area contributed by atoms with Crippen molar-refractivity contribution in [1.82, 2.24) is 4.98 Å². The van der Waals surface area contributed by atoms with Gasteiger partial charge in [-0.3, -0.25) is 0 Å². The molecular formula is C11H16N2O3. The van der Waals surface area contributed by atoms with E-state index in [1.165, 1.54) is 12.3 Å². The van der Waals surface area contributed by atoms with Crippen LogP contribution in [0.2, 0.25) is 0 Å². The van der Waals surface area contributed by atoms with Crippen LogP contribution in [-0.2, 0) is 4.74 Å². The predicted octanol–water partition coefficient (Wildman–Crippen LogP) is 1.25.